The van der Waals surface area contributed by atoms with Crippen LogP contribution in [0.1, 0.15) is 26.7 Å². The molecule has 0 unspecified atom stereocenters. The molecule has 0 aliphatic carbocycles. The lowest BCUT2D eigenvalue weighted by Gasteiger charge is -2.34. The summed E-state index contributed by atoms with van der Waals surface area (Å²) < 4.78 is 13.6. The maximum absolute atomic E-state index is 6.82. The van der Waals surface area contributed by atoms with Crippen molar-refractivity contribution in [2.45, 2.75) is 26.7 Å². The maximum Gasteiger partial charge on any atom is 0.407 e. The summed E-state index contributed by atoms with van der Waals surface area (Å²) in [4.78, 5) is 0. The normalized spacial score (nSPS) is 11.5. The van der Waals surface area contributed by atoms with Gasteiger partial charge < -0.3 is 8.85 Å². The van der Waals surface area contributed by atoms with Crippen LogP contribution in [0.3, 0.4) is 0 Å². The van der Waals surface area contributed by atoms with Crippen molar-refractivity contribution >= 4 is 18.9 Å². The Labute approximate surface area is 199 Å². The molecule has 2 nitrogen and oxygen atoms in total. The van der Waals surface area contributed by atoms with Gasteiger partial charge in [-0.05, 0) is 40.3 Å². The second-order valence-corrected chi connectivity index (χ2v) is 11.1. The van der Waals surface area contributed by atoms with E-state index < -0.39 is 8.56 Å². The van der Waals surface area contributed by atoms with E-state index in [0.717, 1.165) is 18.0 Å². The van der Waals surface area contributed by atoms with Gasteiger partial charge in [-0.25, -0.2) is 0 Å². The quantitative estimate of drug-likeness (QED) is 0.258. The predicted molar refractivity (Wildman–Crippen MR) is 141 cm³/mol. The van der Waals surface area contributed by atoms with Gasteiger partial charge in [-0.15, -0.1) is 0 Å². The van der Waals surface area contributed by atoms with E-state index in [1.807, 2.05) is 0 Å². The molecule has 0 saturated carbocycles. The summed E-state index contributed by atoms with van der Waals surface area (Å²) in [5.41, 5.74) is 4.78. The number of rotatable bonds is 10. The van der Waals surface area contributed by atoms with Crippen molar-refractivity contribution in [2.24, 2.45) is 0 Å². The SMILES string of the molecule is CCCO[Si](OCCC)(c1ccccc1)c1cccc(-c2ccccc2)c1-c1ccccc1. The second-order valence-electron chi connectivity index (χ2n) is 8.14. The van der Waals surface area contributed by atoms with Crippen molar-refractivity contribution in [3.05, 3.63) is 109 Å². The minimum absolute atomic E-state index is 0.661. The van der Waals surface area contributed by atoms with Crippen molar-refractivity contribution in [3.63, 3.8) is 0 Å². The van der Waals surface area contributed by atoms with Gasteiger partial charge >= 0.3 is 8.56 Å². The molecule has 168 valence electrons. The zero-order valence-corrected chi connectivity index (χ0v) is 20.5. The first kappa shape index (κ1) is 23.2. The van der Waals surface area contributed by atoms with Gasteiger partial charge in [-0.2, -0.15) is 0 Å². The Hall–Kier alpha value is -2.98. The van der Waals surface area contributed by atoms with Crippen molar-refractivity contribution in [3.8, 4) is 22.3 Å². The highest BCUT2D eigenvalue weighted by Gasteiger charge is 2.45. The smallest absolute Gasteiger partial charge is 0.388 e. The molecular formula is C30H32O2Si. The van der Waals surface area contributed by atoms with Gasteiger partial charge in [-0.1, -0.05) is 123 Å². The Morgan fingerprint density at radius 3 is 1.61 bits per heavy atom. The van der Waals surface area contributed by atoms with E-state index in [9.17, 15) is 0 Å². The fourth-order valence-electron chi connectivity index (χ4n) is 4.27. The molecule has 0 N–H and O–H groups in total. The lowest BCUT2D eigenvalue weighted by atomic mass is 9.94. The van der Waals surface area contributed by atoms with Gasteiger partial charge in [0.1, 0.15) is 0 Å². The molecule has 0 bridgehead atoms. The topological polar surface area (TPSA) is 18.5 Å². The summed E-state index contributed by atoms with van der Waals surface area (Å²) >= 11 is 0. The monoisotopic (exact) mass is 452 g/mol. The third kappa shape index (κ3) is 5.01. The molecule has 0 spiro atoms. The molecule has 0 amide bonds. The lowest BCUT2D eigenvalue weighted by molar-refractivity contribution is 0.192. The minimum atomic E-state index is -2.98. The molecule has 0 heterocycles. The van der Waals surface area contributed by atoms with Crippen LogP contribution in [0.25, 0.3) is 22.3 Å². The van der Waals surface area contributed by atoms with Gasteiger partial charge in [0.2, 0.25) is 0 Å². The Bertz CT molecular complexity index is 1120. The maximum atomic E-state index is 6.82. The Kier molecular flexibility index (Phi) is 7.90. The van der Waals surface area contributed by atoms with E-state index in [4.69, 9.17) is 8.85 Å². The average Bonchev–Trinajstić information content (AvgIpc) is 2.90. The van der Waals surface area contributed by atoms with E-state index in [1.54, 1.807) is 0 Å². The summed E-state index contributed by atoms with van der Waals surface area (Å²) in [7, 11) is -2.98. The molecule has 0 aliphatic rings. The Morgan fingerprint density at radius 2 is 1.06 bits per heavy atom. The largest absolute Gasteiger partial charge is 0.407 e. The van der Waals surface area contributed by atoms with Crippen molar-refractivity contribution in [1.82, 2.24) is 0 Å². The van der Waals surface area contributed by atoms with Crippen molar-refractivity contribution < 1.29 is 8.85 Å². The highest BCUT2D eigenvalue weighted by Crippen LogP contribution is 2.33. The van der Waals surface area contributed by atoms with Crippen LogP contribution in [-0.2, 0) is 8.85 Å². The first-order chi connectivity index (χ1) is 16.3. The first-order valence-electron chi connectivity index (χ1n) is 11.9. The molecule has 3 heteroatoms. The fourth-order valence-corrected chi connectivity index (χ4v) is 7.85. The van der Waals surface area contributed by atoms with Gasteiger partial charge in [0, 0.05) is 18.4 Å². The molecule has 4 aromatic carbocycles. The van der Waals surface area contributed by atoms with Crippen LogP contribution in [0.5, 0.6) is 0 Å². The van der Waals surface area contributed by atoms with Crippen LogP contribution in [0.2, 0.25) is 0 Å². The van der Waals surface area contributed by atoms with E-state index in [-0.39, 0.29) is 0 Å². The average molecular weight is 453 g/mol. The molecular weight excluding hydrogens is 420 g/mol. The zero-order valence-electron chi connectivity index (χ0n) is 19.5. The molecule has 33 heavy (non-hydrogen) atoms. The van der Waals surface area contributed by atoms with Crippen molar-refractivity contribution in [2.75, 3.05) is 13.2 Å². The third-order valence-corrected chi connectivity index (χ3v) is 9.18. The standard InChI is InChI=1S/C30H32O2Si/c1-3-23-31-33(32-24-4-2,27-19-12-7-13-20-27)29-22-14-21-28(25-15-8-5-9-16-25)30(29)26-17-10-6-11-18-26/h5-22H,3-4,23-24H2,1-2H3. The summed E-state index contributed by atoms with van der Waals surface area (Å²) in [5.74, 6) is 0. The van der Waals surface area contributed by atoms with Crippen LogP contribution >= 0.6 is 0 Å². The zero-order chi connectivity index (χ0) is 22.9. The third-order valence-electron chi connectivity index (χ3n) is 5.74. The van der Waals surface area contributed by atoms with E-state index >= 15 is 0 Å². The molecule has 4 rings (SSSR count). The van der Waals surface area contributed by atoms with Gasteiger partial charge in [0.25, 0.3) is 0 Å². The highest BCUT2D eigenvalue weighted by atomic mass is 28.4. The number of benzene rings is 4. The Morgan fingerprint density at radius 1 is 0.545 bits per heavy atom. The summed E-state index contributed by atoms with van der Waals surface area (Å²) in [6.07, 6.45) is 1.88. The molecule has 0 atom stereocenters. The molecule has 0 fully saturated rings. The number of hydrogen-bond acceptors (Lipinski definition) is 2. The molecule has 0 aromatic heterocycles. The van der Waals surface area contributed by atoms with Gasteiger partial charge in [0.05, 0.1) is 0 Å². The summed E-state index contributed by atoms with van der Waals surface area (Å²) in [6, 6.07) is 38.4. The molecule has 4 aromatic rings. The molecule has 0 saturated heterocycles. The molecule has 0 radical (unpaired) electrons. The number of hydrogen-bond donors (Lipinski definition) is 0. The fraction of sp³-hybridized carbons (Fsp3) is 0.200. The summed E-state index contributed by atoms with van der Waals surface area (Å²) in [6.45, 7) is 5.63. The minimum Gasteiger partial charge on any atom is -0.388 e. The van der Waals surface area contributed by atoms with E-state index in [2.05, 4.69) is 123 Å². The predicted octanol–water partition coefficient (Wildman–Crippen LogP) is 6.43. The lowest BCUT2D eigenvalue weighted by Crippen LogP contribution is -2.64. The first-order valence-corrected chi connectivity index (χ1v) is 13.7. The van der Waals surface area contributed by atoms with Crippen LogP contribution in [-0.4, -0.2) is 21.8 Å². The summed E-state index contributed by atoms with van der Waals surface area (Å²) in [5, 5.41) is 2.32. The van der Waals surface area contributed by atoms with Crippen LogP contribution in [0.4, 0.5) is 0 Å². The van der Waals surface area contributed by atoms with Crippen LogP contribution < -0.4 is 10.4 Å². The van der Waals surface area contributed by atoms with E-state index in [0.29, 0.717) is 13.2 Å². The van der Waals surface area contributed by atoms with Crippen molar-refractivity contribution in [1.29, 1.82) is 0 Å². The second kappa shape index (κ2) is 11.2. The van der Waals surface area contributed by atoms with Gasteiger partial charge in [-0.3, -0.25) is 0 Å². The molecule has 0 aliphatic heterocycles. The van der Waals surface area contributed by atoms with Crippen LogP contribution in [0, 0.1) is 0 Å². The van der Waals surface area contributed by atoms with Crippen LogP contribution in [0.15, 0.2) is 109 Å². The Balaban J connectivity index is 2.05. The highest BCUT2D eigenvalue weighted by molar-refractivity contribution is 6.93. The van der Waals surface area contributed by atoms with Gasteiger partial charge in [0.15, 0.2) is 0 Å². The van der Waals surface area contributed by atoms with E-state index in [1.165, 1.54) is 27.4 Å².